The molecule has 0 saturated carbocycles. The normalized spacial score (nSPS) is 18.4. The molecule has 0 aliphatic carbocycles. The van der Waals surface area contributed by atoms with Crippen molar-refractivity contribution >= 4 is 28.4 Å². The number of nitrogens with zero attached hydrogens (tertiary/aromatic N) is 2. The van der Waals surface area contributed by atoms with Crippen LogP contribution in [0.2, 0.25) is 0 Å². The zero-order valence-corrected chi connectivity index (χ0v) is 18.5. The number of ether oxygens (including phenoxy) is 1. The first-order valence-corrected chi connectivity index (χ1v) is 10.7. The maximum atomic E-state index is 13.8. The smallest absolute Gasteiger partial charge is 0.275 e. The zero-order chi connectivity index (χ0) is 22.2. The summed E-state index contributed by atoms with van der Waals surface area (Å²) in [6.07, 6.45) is 0.882. The minimum absolute atomic E-state index is 0.159. The van der Waals surface area contributed by atoms with Crippen molar-refractivity contribution in [2.24, 2.45) is 5.92 Å². The number of anilines is 1. The van der Waals surface area contributed by atoms with Crippen LogP contribution < -0.4 is 15.0 Å². The lowest BCUT2D eigenvalue weighted by atomic mass is 9.93. The van der Waals surface area contributed by atoms with Gasteiger partial charge in [-0.1, -0.05) is 38.1 Å². The van der Waals surface area contributed by atoms with Crippen molar-refractivity contribution < 1.29 is 14.3 Å². The Hall–Kier alpha value is -3.28. The van der Waals surface area contributed by atoms with E-state index in [9.17, 15) is 9.59 Å². The summed E-state index contributed by atoms with van der Waals surface area (Å²) < 4.78 is 7.34. The first kappa shape index (κ1) is 21.0. The molecular weight excluding hydrogens is 390 g/mol. The Kier molecular flexibility index (Phi) is 5.48. The molecule has 162 valence electrons. The number of para-hydroxylation sites is 1. The number of nitrogens with one attached hydrogen (secondary N) is 1. The Morgan fingerprint density at radius 1 is 1.16 bits per heavy atom. The topological polar surface area (TPSA) is 63.6 Å². The third kappa shape index (κ3) is 3.67. The van der Waals surface area contributed by atoms with Crippen LogP contribution in [0.4, 0.5) is 5.69 Å². The highest BCUT2D eigenvalue weighted by Gasteiger charge is 2.48. The molecule has 0 spiro atoms. The quantitative estimate of drug-likeness (QED) is 0.650. The molecule has 4 rings (SSSR count). The van der Waals surface area contributed by atoms with Gasteiger partial charge in [0.05, 0.1) is 13.7 Å². The molecule has 6 heteroatoms. The minimum atomic E-state index is -1.09. The summed E-state index contributed by atoms with van der Waals surface area (Å²) in [7, 11) is 1.59. The number of aromatic nitrogens is 1. The summed E-state index contributed by atoms with van der Waals surface area (Å²) in [5, 5.41) is 4.05. The van der Waals surface area contributed by atoms with Crippen LogP contribution >= 0.6 is 0 Å². The van der Waals surface area contributed by atoms with Crippen molar-refractivity contribution in [1.29, 1.82) is 0 Å². The number of hydrogen-bond donors (Lipinski definition) is 1. The Morgan fingerprint density at radius 3 is 2.68 bits per heavy atom. The zero-order valence-electron chi connectivity index (χ0n) is 18.5. The lowest BCUT2D eigenvalue weighted by Gasteiger charge is -2.44. The predicted octanol–water partition coefficient (Wildman–Crippen LogP) is 4.23. The molecule has 6 nitrogen and oxygen atoms in total. The molecule has 0 radical (unpaired) electrons. The summed E-state index contributed by atoms with van der Waals surface area (Å²) in [4.78, 5) is 28.9. The van der Waals surface area contributed by atoms with Gasteiger partial charge in [0, 0.05) is 29.2 Å². The monoisotopic (exact) mass is 419 g/mol. The van der Waals surface area contributed by atoms with E-state index in [1.165, 1.54) is 0 Å². The van der Waals surface area contributed by atoms with Gasteiger partial charge < -0.3 is 14.6 Å². The van der Waals surface area contributed by atoms with Gasteiger partial charge in [-0.05, 0) is 43.5 Å². The molecule has 2 aromatic carbocycles. The molecule has 1 N–H and O–H groups in total. The van der Waals surface area contributed by atoms with E-state index in [0.29, 0.717) is 36.1 Å². The molecule has 1 aliphatic rings. The summed E-state index contributed by atoms with van der Waals surface area (Å²) in [6, 6.07) is 17.1. The maximum absolute atomic E-state index is 13.8. The van der Waals surface area contributed by atoms with E-state index in [1.807, 2.05) is 60.0 Å². The van der Waals surface area contributed by atoms with Crippen LogP contribution in [-0.4, -0.2) is 35.6 Å². The third-order valence-corrected chi connectivity index (χ3v) is 6.00. The second-order valence-electron chi connectivity index (χ2n) is 8.73. The minimum Gasteiger partial charge on any atom is -0.497 e. The lowest BCUT2D eigenvalue weighted by molar-refractivity contribution is -0.126. The third-order valence-electron chi connectivity index (χ3n) is 6.00. The van der Waals surface area contributed by atoms with E-state index < -0.39 is 5.54 Å². The van der Waals surface area contributed by atoms with Gasteiger partial charge >= 0.3 is 0 Å². The molecule has 1 aromatic heterocycles. The number of hydrogen-bond acceptors (Lipinski definition) is 3. The van der Waals surface area contributed by atoms with E-state index in [1.54, 1.807) is 18.1 Å². The number of fused-ring (bicyclic) bond motifs is 3. The van der Waals surface area contributed by atoms with Crippen LogP contribution in [0.15, 0.2) is 54.6 Å². The standard InChI is InChI=1S/C25H29N3O3/c1-17(2)12-13-26-24(30)25(3)16-27-21-11-6-5-8-18(21)14-22(27)23(29)28(25)19-9-7-10-20(15-19)31-4/h5-11,14-15,17H,12-13,16H2,1-4H3,(H,26,30). The number of carbonyl (C=O) groups is 2. The Morgan fingerprint density at radius 2 is 1.94 bits per heavy atom. The fraction of sp³-hybridized carbons (Fsp3) is 0.360. The van der Waals surface area contributed by atoms with Gasteiger partial charge in [-0.25, -0.2) is 0 Å². The highest BCUT2D eigenvalue weighted by Crippen LogP contribution is 2.36. The van der Waals surface area contributed by atoms with Gasteiger partial charge in [0.15, 0.2) is 0 Å². The van der Waals surface area contributed by atoms with Crippen LogP contribution in [0.1, 0.15) is 37.7 Å². The molecule has 1 unspecified atom stereocenters. The molecule has 1 aliphatic heterocycles. The Labute approximate surface area is 182 Å². The average molecular weight is 420 g/mol. The lowest BCUT2D eigenvalue weighted by Crippen LogP contribution is -2.64. The first-order chi connectivity index (χ1) is 14.8. The van der Waals surface area contributed by atoms with E-state index in [-0.39, 0.29) is 11.8 Å². The maximum Gasteiger partial charge on any atom is 0.275 e. The summed E-state index contributed by atoms with van der Waals surface area (Å²) in [5.41, 5.74) is 1.09. The molecule has 31 heavy (non-hydrogen) atoms. The summed E-state index contributed by atoms with van der Waals surface area (Å²) in [6.45, 7) is 7.03. The van der Waals surface area contributed by atoms with Crippen molar-refractivity contribution in [1.82, 2.24) is 9.88 Å². The van der Waals surface area contributed by atoms with Crippen LogP contribution in [0.3, 0.4) is 0 Å². The molecule has 1 atom stereocenters. The molecular formula is C25H29N3O3. The molecule has 2 heterocycles. The van der Waals surface area contributed by atoms with E-state index in [4.69, 9.17) is 4.74 Å². The van der Waals surface area contributed by atoms with Crippen LogP contribution in [0.25, 0.3) is 10.9 Å². The van der Waals surface area contributed by atoms with E-state index in [0.717, 1.165) is 17.3 Å². The number of amides is 2. The number of methoxy groups -OCH3 is 1. The SMILES string of the molecule is COc1cccc(N2C(=O)c3cc4ccccc4n3CC2(C)C(=O)NCCC(C)C)c1. The summed E-state index contributed by atoms with van der Waals surface area (Å²) in [5.74, 6) is 0.763. The highest BCUT2D eigenvalue weighted by molar-refractivity contribution is 6.14. The molecule has 0 saturated heterocycles. The second-order valence-corrected chi connectivity index (χ2v) is 8.73. The van der Waals surface area contributed by atoms with Crippen molar-refractivity contribution in [3.05, 3.63) is 60.3 Å². The summed E-state index contributed by atoms with van der Waals surface area (Å²) >= 11 is 0. The van der Waals surface area contributed by atoms with E-state index in [2.05, 4.69) is 19.2 Å². The molecule has 0 fully saturated rings. The van der Waals surface area contributed by atoms with Gasteiger partial charge in [0.25, 0.3) is 5.91 Å². The van der Waals surface area contributed by atoms with Crippen molar-refractivity contribution in [2.75, 3.05) is 18.6 Å². The fourth-order valence-corrected chi connectivity index (χ4v) is 4.27. The Balaban J connectivity index is 1.82. The largest absolute Gasteiger partial charge is 0.497 e. The second kappa shape index (κ2) is 8.10. The highest BCUT2D eigenvalue weighted by atomic mass is 16.5. The van der Waals surface area contributed by atoms with Crippen molar-refractivity contribution in [2.45, 2.75) is 39.3 Å². The van der Waals surface area contributed by atoms with E-state index >= 15 is 0 Å². The van der Waals surface area contributed by atoms with Crippen molar-refractivity contribution in [3.63, 3.8) is 0 Å². The Bertz CT molecular complexity index is 1130. The predicted molar refractivity (Wildman–Crippen MR) is 123 cm³/mol. The van der Waals surface area contributed by atoms with Gasteiger partial charge in [-0.3, -0.25) is 14.5 Å². The molecule has 0 bridgehead atoms. The number of rotatable bonds is 6. The van der Waals surface area contributed by atoms with Gasteiger partial charge in [0.1, 0.15) is 17.0 Å². The average Bonchev–Trinajstić information content (AvgIpc) is 3.12. The van der Waals surface area contributed by atoms with Gasteiger partial charge in [-0.15, -0.1) is 0 Å². The fourth-order valence-electron chi connectivity index (χ4n) is 4.27. The van der Waals surface area contributed by atoms with Crippen LogP contribution in [0, 0.1) is 5.92 Å². The van der Waals surface area contributed by atoms with Gasteiger partial charge in [-0.2, -0.15) is 0 Å². The molecule has 2 amide bonds. The van der Waals surface area contributed by atoms with Crippen molar-refractivity contribution in [3.8, 4) is 5.75 Å². The number of carbonyl (C=O) groups excluding carboxylic acids is 2. The van der Waals surface area contributed by atoms with Crippen LogP contribution in [0.5, 0.6) is 5.75 Å². The molecule has 3 aromatic rings. The number of benzene rings is 2. The van der Waals surface area contributed by atoms with Crippen LogP contribution in [-0.2, 0) is 11.3 Å². The van der Waals surface area contributed by atoms with Gasteiger partial charge in [0.2, 0.25) is 5.91 Å². The first-order valence-electron chi connectivity index (χ1n) is 10.7.